The van der Waals surface area contributed by atoms with Gasteiger partial charge in [0.05, 0.1) is 0 Å². The van der Waals surface area contributed by atoms with Gasteiger partial charge in [0.15, 0.2) is 0 Å². The topological polar surface area (TPSA) is 37.3 Å². The molecule has 3 heteroatoms. The standard InChI is InChI=1S/C14H20O2S/c1-11(2)12-6-8-13(9-7-12)17-10-4-3-5-14(15)16/h6-9,11H,3-5,10H2,1-2H3,(H,15,16). The monoisotopic (exact) mass is 252 g/mol. The highest BCUT2D eigenvalue weighted by molar-refractivity contribution is 7.99. The molecule has 0 atom stereocenters. The first-order valence-corrected chi connectivity index (χ1v) is 7.02. The number of rotatable bonds is 7. The molecule has 0 radical (unpaired) electrons. The molecule has 0 fully saturated rings. The van der Waals surface area contributed by atoms with Crippen LogP contribution in [0.25, 0.3) is 0 Å². The molecule has 0 saturated heterocycles. The number of carboxylic acids is 1. The van der Waals surface area contributed by atoms with Gasteiger partial charge in [-0.25, -0.2) is 0 Å². The molecule has 0 amide bonds. The van der Waals surface area contributed by atoms with Gasteiger partial charge in [0, 0.05) is 11.3 Å². The van der Waals surface area contributed by atoms with Crippen molar-refractivity contribution in [1.82, 2.24) is 0 Å². The molecule has 0 aliphatic carbocycles. The lowest BCUT2D eigenvalue weighted by molar-refractivity contribution is -0.137. The van der Waals surface area contributed by atoms with Gasteiger partial charge in [-0.15, -0.1) is 11.8 Å². The van der Waals surface area contributed by atoms with Crippen LogP contribution < -0.4 is 0 Å². The smallest absolute Gasteiger partial charge is 0.303 e. The Morgan fingerprint density at radius 2 is 1.88 bits per heavy atom. The van der Waals surface area contributed by atoms with Gasteiger partial charge >= 0.3 is 5.97 Å². The van der Waals surface area contributed by atoms with Crippen LogP contribution in [0.15, 0.2) is 29.2 Å². The number of benzene rings is 1. The maximum absolute atomic E-state index is 10.3. The van der Waals surface area contributed by atoms with Crippen molar-refractivity contribution in [2.45, 2.75) is 43.9 Å². The predicted octanol–water partition coefficient (Wildman–Crippen LogP) is 4.16. The van der Waals surface area contributed by atoms with E-state index in [1.165, 1.54) is 10.5 Å². The lowest BCUT2D eigenvalue weighted by Gasteiger charge is -2.06. The fraction of sp³-hybridized carbons (Fsp3) is 0.500. The summed E-state index contributed by atoms with van der Waals surface area (Å²) in [7, 11) is 0. The minimum Gasteiger partial charge on any atom is -0.481 e. The highest BCUT2D eigenvalue weighted by atomic mass is 32.2. The molecular weight excluding hydrogens is 232 g/mol. The number of carbonyl (C=O) groups is 1. The first kappa shape index (κ1) is 14.1. The third-order valence-electron chi connectivity index (χ3n) is 2.60. The van der Waals surface area contributed by atoms with Gasteiger partial charge in [0.2, 0.25) is 0 Å². The van der Waals surface area contributed by atoms with Gasteiger partial charge < -0.3 is 5.11 Å². The van der Waals surface area contributed by atoms with E-state index in [1.54, 1.807) is 11.8 Å². The second kappa shape index (κ2) is 7.38. The number of carboxylic acid groups (broad SMARTS) is 1. The number of unbranched alkanes of at least 4 members (excludes halogenated alkanes) is 1. The summed E-state index contributed by atoms with van der Waals surface area (Å²) in [5, 5.41) is 8.51. The maximum Gasteiger partial charge on any atom is 0.303 e. The predicted molar refractivity (Wildman–Crippen MR) is 72.7 cm³/mol. The zero-order valence-corrected chi connectivity index (χ0v) is 11.3. The molecule has 0 saturated carbocycles. The Hall–Kier alpha value is -0.960. The molecule has 17 heavy (non-hydrogen) atoms. The summed E-state index contributed by atoms with van der Waals surface area (Å²) in [6, 6.07) is 8.64. The summed E-state index contributed by atoms with van der Waals surface area (Å²) in [5.74, 6) is 0.870. The lowest BCUT2D eigenvalue weighted by Crippen LogP contribution is -1.94. The van der Waals surface area contributed by atoms with Crippen molar-refractivity contribution < 1.29 is 9.90 Å². The quantitative estimate of drug-likeness (QED) is 0.585. The minimum absolute atomic E-state index is 0.285. The molecule has 1 rings (SSSR count). The van der Waals surface area contributed by atoms with Crippen molar-refractivity contribution in [2.75, 3.05) is 5.75 Å². The van der Waals surface area contributed by atoms with Crippen LogP contribution in [-0.4, -0.2) is 16.8 Å². The van der Waals surface area contributed by atoms with Crippen LogP contribution in [0.3, 0.4) is 0 Å². The third-order valence-corrected chi connectivity index (χ3v) is 3.70. The van der Waals surface area contributed by atoms with Gasteiger partial charge in [0.25, 0.3) is 0 Å². The third kappa shape index (κ3) is 5.78. The number of thioether (sulfide) groups is 1. The second-order valence-corrected chi connectivity index (χ2v) is 5.59. The van der Waals surface area contributed by atoms with Crippen molar-refractivity contribution in [3.63, 3.8) is 0 Å². The summed E-state index contributed by atoms with van der Waals surface area (Å²) < 4.78 is 0. The molecule has 0 spiro atoms. The van der Waals surface area contributed by atoms with Gasteiger partial charge in [0.1, 0.15) is 0 Å². The molecule has 0 aromatic heterocycles. The number of aliphatic carboxylic acids is 1. The van der Waals surface area contributed by atoms with Gasteiger partial charge in [-0.05, 0) is 42.2 Å². The Balaban J connectivity index is 2.25. The minimum atomic E-state index is -0.698. The van der Waals surface area contributed by atoms with E-state index in [0.717, 1.165) is 18.6 Å². The summed E-state index contributed by atoms with van der Waals surface area (Å²) >= 11 is 1.80. The van der Waals surface area contributed by atoms with Crippen LogP contribution in [0.1, 0.15) is 44.6 Å². The number of hydrogen-bond donors (Lipinski definition) is 1. The van der Waals surface area contributed by atoms with E-state index in [4.69, 9.17) is 5.11 Å². The van der Waals surface area contributed by atoms with E-state index in [0.29, 0.717) is 5.92 Å². The van der Waals surface area contributed by atoms with Crippen LogP contribution in [0.2, 0.25) is 0 Å². The molecular formula is C14H20O2S. The van der Waals surface area contributed by atoms with Crippen LogP contribution >= 0.6 is 11.8 Å². The zero-order valence-electron chi connectivity index (χ0n) is 10.5. The molecule has 0 aliphatic rings. The Morgan fingerprint density at radius 3 is 2.41 bits per heavy atom. The molecule has 0 heterocycles. The van der Waals surface area contributed by atoms with Gasteiger partial charge in [-0.1, -0.05) is 26.0 Å². The molecule has 0 bridgehead atoms. The fourth-order valence-electron chi connectivity index (χ4n) is 1.52. The van der Waals surface area contributed by atoms with Gasteiger partial charge in [-0.2, -0.15) is 0 Å². The molecule has 1 aromatic carbocycles. The van der Waals surface area contributed by atoms with Crippen LogP contribution in [-0.2, 0) is 4.79 Å². The number of hydrogen-bond acceptors (Lipinski definition) is 2. The van der Waals surface area contributed by atoms with E-state index in [1.807, 2.05) is 0 Å². The molecule has 1 N–H and O–H groups in total. The van der Waals surface area contributed by atoms with Gasteiger partial charge in [-0.3, -0.25) is 4.79 Å². The Bertz CT molecular complexity index is 344. The molecule has 94 valence electrons. The van der Waals surface area contributed by atoms with Crippen molar-refractivity contribution in [2.24, 2.45) is 0 Å². The average molecular weight is 252 g/mol. The molecule has 2 nitrogen and oxygen atoms in total. The SMILES string of the molecule is CC(C)c1ccc(SCCCCC(=O)O)cc1. The Morgan fingerprint density at radius 1 is 1.24 bits per heavy atom. The van der Waals surface area contributed by atoms with E-state index in [9.17, 15) is 4.79 Å². The van der Waals surface area contributed by atoms with E-state index in [2.05, 4.69) is 38.1 Å². The Kier molecular flexibility index (Phi) is 6.12. The zero-order chi connectivity index (χ0) is 12.7. The second-order valence-electron chi connectivity index (χ2n) is 4.42. The normalized spacial score (nSPS) is 10.8. The Labute approximate surface area is 107 Å². The van der Waals surface area contributed by atoms with E-state index < -0.39 is 5.97 Å². The van der Waals surface area contributed by atoms with Crippen LogP contribution in [0, 0.1) is 0 Å². The van der Waals surface area contributed by atoms with Crippen LogP contribution in [0.5, 0.6) is 0 Å². The average Bonchev–Trinajstić information content (AvgIpc) is 2.29. The summed E-state index contributed by atoms with van der Waals surface area (Å²) in [6.45, 7) is 4.38. The fourth-order valence-corrected chi connectivity index (χ4v) is 2.43. The highest BCUT2D eigenvalue weighted by Crippen LogP contribution is 2.22. The van der Waals surface area contributed by atoms with Crippen LogP contribution in [0.4, 0.5) is 0 Å². The highest BCUT2D eigenvalue weighted by Gasteiger charge is 2.00. The largest absolute Gasteiger partial charge is 0.481 e. The lowest BCUT2D eigenvalue weighted by atomic mass is 10.0. The summed E-state index contributed by atoms with van der Waals surface area (Å²) in [4.78, 5) is 11.6. The van der Waals surface area contributed by atoms with Crippen molar-refractivity contribution in [3.05, 3.63) is 29.8 Å². The first-order valence-electron chi connectivity index (χ1n) is 6.04. The maximum atomic E-state index is 10.3. The molecule has 0 unspecified atom stereocenters. The first-order chi connectivity index (χ1) is 8.09. The van der Waals surface area contributed by atoms with E-state index in [-0.39, 0.29) is 6.42 Å². The molecule has 1 aromatic rings. The van der Waals surface area contributed by atoms with E-state index >= 15 is 0 Å². The van der Waals surface area contributed by atoms with Crippen molar-refractivity contribution >= 4 is 17.7 Å². The summed E-state index contributed by atoms with van der Waals surface area (Å²) in [5.41, 5.74) is 1.36. The summed E-state index contributed by atoms with van der Waals surface area (Å²) in [6.07, 6.45) is 2.02. The van der Waals surface area contributed by atoms with Crippen molar-refractivity contribution in [1.29, 1.82) is 0 Å². The molecule has 0 aliphatic heterocycles. The van der Waals surface area contributed by atoms with Crippen molar-refractivity contribution in [3.8, 4) is 0 Å².